The topological polar surface area (TPSA) is 97.8 Å². The van der Waals surface area contributed by atoms with Crippen LogP contribution in [0.2, 0.25) is 0 Å². The number of nitrogens with two attached hydrogens (primary N) is 1. The van der Waals surface area contributed by atoms with Crippen LogP contribution in [0.1, 0.15) is 0 Å². The molecular formula is C13H10N4O2. The first kappa shape index (κ1) is 11.2. The summed E-state index contributed by atoms with van der Waals surface area (Å²) in [6.07, 6.45) is 0. The van der Waals surface area contributed by atoms with E-state index in [1.54, 1.807) is 18.2 Å². The Morgan fingerprint density at radius 3 is 2.58 bits per heavy atom. The maximum absolute atomic E-state index is 10.6. The van der Waals surface area contributed by atoms with Gasteiger partial charge < -0.3 is 5.73 Å². The van der Waals surface area contributed by atoms with Crippen molar-refractivity contribution in [1.29, 1.82) is 0 Å². The number of nitro groups is 1. The van der Waals surface area contributed by atoms with Gasteiger partial charge in [0.2, 0.25) is 0 Å². The van der Waals surface area contributed by atoms with Crippen LogP contribution in [0.15, 0.2) is 42.5 Å². The molecule has 0 bridgehead atoms. The number of aromatic amines is 1. The van der Waals surface area contributed by atoms with Gasteiger partial charge in [0.15, 0.2) is 0 Å². The average molecular weight is 254 g/mol. The van der Waals surface area contributed by atoms with Crippen molar-refractivity contribution in [2.75, 3.05) is 5.73 Å². The molecule has 6 heteroatoms. The van der Waals surface area contributed by atoms with Gasteiger partial charge in [-0.1, -0.05) is 0 Å². The monoisotopic (exact) mass is 254 g/mol. The van der Waals surface area contributed by atoms with Crippen LogP contribution in [-0.4, -0.2) is 15.1 Å². The van der Waals surface area contributed by atoms with Crippen LogP contribution >= 0.6 is 0 Å². The van der Waals surface area contributed by atoms with Crippen LogP contribution in [0.3, 0.4) is 0 Å². The van der Waals surface area contributed by atoms with E-state index in [4.69, 9.17) is 5.73 Å². The van der Waals surface area contributed by atoms with E-state index in [2.05, 4.69) is 10.2 Å². The summed E-state index contributed by atoms with van der Waals surface area (Å²) in [4.78, 5) is 10.2. The summed E-state index contributed by atoms with van der Waals surface area (Å²) in [5, 5.41) is 18.7. The highest BCUT2D eigenvalue weighted by atomic mass is 16.6. The normalized spacial score (nSPS) is 10.7. The molecule has 0 saturated heterocycles. The quantitative estimate of drug-likeness (QED) is 0.417. The number of non-ortho nitro benzene ring substituents is 1. The van der Waals surface area contributed by atoms with Crippen molar-refractivity contribution >= 4 is 22.3 Å². The SMILES string of the molecule is Nc1ccc2[nH]nc(-c3ccc([N+](=O)[O-])cc3)c2c1. The van der Waals surface area contributed by atoms with E-state index in [1.807, 2.05) is 12.1 Å². The molecule has 94 valence electrons. The van der Waals surface area contributed by atoms with Crippen LogP contribution in [0, 0.1) is 10.1 Å². The summed E-state index contributed by atoms with van der Waals surface area (Å²) in [6, 6.07) is 11.8. The number of hydrogen-bond acceptors (Lipinski definition) is 4. The molecule has 0 radical (unpaired) electrons. The number of H-pyrrole nitrogens is 1. The first-order valence-corrected chi connectivity index (χ1v) is 5.63. The third-order valence-corrected chi connectivity index (χ3v) is 2.94. The molecule has 3 N–H and O–H groups in total. The van der Waals surface area contributed by atoms with Crippen molar-refractivity contribution in [3.63, 3.8) is 0 Å². The molecule has 3 rings (SSSR count). The maximum Gasteiger partial charge on any atom is 0.269 e. The molecule has 1 heterocycles. The molecular weight excluding hydrogens is 244 g/mol. The third kappa shape index (κ3) is 1.89. The Kier molecular flexibility index (Phi) is 2.42. The Morgan fingerprint density at radius 1 is 1.16 bits per heavy atom. The molecule has 0 aliphatic heterocycles. The second kappa shape index (κ2) is 4.09. The summed E-state index contributed by atoms with van der Waals surface area (Å²) in [6.45, 7) is 0. The highest BCUT2D eigenvalue weighted by molar-refractivity contribution is 5.94. The molecule has 0 amide bonds. The Balaban J connectivity index is 2.13. The van der Waals surface area contributed by atoms with Gasteiger partial charge in [-0.2, -0.15) is 5.10 Å². The molecule has 0 saturated carbocycles. The van der Waals surface area contributed by atoms with Crippen molar-refractivity contribution in [3.8, 4) is 11.3 Å². The lowest BCUT2D eigenvalue weighted by molar-refractivity contribution is -0.384. The third-order valence-electron chi connectivity index (χ3n) is 2.94. The number of nitro benzene ring substituents is 1. The largest absolute Gasteiger partial charge is 0.399 e. The Hall–Kier alpha value is -2.89. The van der Waals surface area contributed by atoms with Crippen LogP contribution in [0.5, 0.6) is 0 Å². The number of benzene rings is 2. The zero-order valence-corrected chi connectivity index (χ0v) is 9.83. The summed E-state index contributed by atoms with van der Waals surface area (Å²) in [5.74, 6) is 0. The summed E-state index contributed by atoms with van der Waals surface area (Å²) in [5.41, 5.74) is 8.89. The number of anilines is 1. The second-order valence-corrected chi connectivity index (χ2v) is 4.18. The molecule has 0 atom stereocenters. The fraction of sp³-hybridized carbons (Fsp3) is 0. The molecule has 0 unspecified atom stereocenters. The van der Waals surface area contributed by atoms with Crippen molar-refractivity contribution in [3.05, 3.63) is 52.6 Å². The van der Waals surface area contributed by atoms with E-state index in [-0.39, 0.29) is 5.69 Å². The summed E-state index contributed by atoms with van der Waals surface area (Å²) in [7, 11) is 0. The zero-order valence-electron chi connectivity index (χ0n) is 9.83. The van der Waals surface area contributed by atoms with E-state index >= 15 is 0 Å². The van der Waals surface area contributed by atoms with Gasteiger partial charge in [0.25, 0.3) is 5.69 Å². The minimum atomic E-state index is -0.426. The van der Waals surface area contributed by atoms with E-state index in [1.165, 1.54) is 12.1 Å². The van der Waals surface area contributed by atoms with Crippen LogP contribution < -0.4 is 5.73 Å². The molecule has 1 aromatic heterocycles. The Morgan fingerprint density at radius 2 is 1.89 bits per heavy atom. The number of nitrogen functional groups attached to an aromatic ring is 1. The van der Waals surface area contributed by atoms with E-state index < -0.39 is 4.92 Å². The lowest BCUT2D eigenvalue weighted by atomic mass is 10.1. The zero-order chi connectivity index (χ0) is 13.4. The van der Waals surface area contributed by atoms with Gasteiger partial charge in [0.05, 0.1) is 16.1 Å². The number of fused-ring (bicyclic) bond motifs is 1. The lowest BCUT2D eigenvalue weighted by Gasteiger charge is -1.98. The standard InChI is InChI=1S/C13H10N4O2/c14-9-3-6-12-11(7-9)13(16-15-12)8-1-4-10(5-2-8)17(18)19/h1-7H,14H2,(H,15,16). The minimum absolute atomic E-state index is 0.0584. The summed E-state index contributed by atoms with van der Waals surface area (Å²) >= 11 is 0. The van der Waals surface area contributed by atoms with Gasteiger partial charge in [-0.15, -0.1) is 0 Å². The lowest BCUT2D eigenvalue weighted by Crippen LogP contribution is -1.87. The fourth-order valence-corrected chi connectivity index (χ4v) is 1.99. The van der Waals surface area contributed by atoms with Gasteiger partial charge in [-0.3, -0.25) is 15.2 Å². The molecule has 2 aromatic carbocycles. The van der Waals surface area contributed by atoms with Gasteiger partial charge in [-0.25, -0.2) is 0 Å². The van der Waals surface area contributed by atoms with Crippen LogP contribution in [-0.2, 0) is 0 Å². The maximum atomic E-state index is 10.6. The highest BCUT2D eigenvalue weighted by Gasteiger charge is 2.10. The molecule has 0 spiro atoms. The van der Waals surface area contributed by atoms with E-state index in [0.717, 1.165) is 22.2 Å². The first-order valence-electron chi connectivity index (χ1n) is 5.63. The predicted octanol–water partition coefficient (Wildman–Crippen LogP) is 2.72. The van der Waals surface area contributed by atoms with Gasteiger partial charge in [0, 0.05) is 28.8 Å². The average Bonchev–Trinajstić information content (AvgIpc) is 2.81. The predicted molar refractivity (Wildman–Crippen MR) is 72.6 cm³/mol. The van der Waals surface area contributed by atoms with Gasteiger partial charge >= 0.3 is 0 Å². The van der Waals surface area contributed by atoms with Crippen molar-refractivity contribution in [1.82, 2.24) is 10.2 Å². The molecule has 6 nitrogen and oxygen atoms in total. The van der Waals surface area contributed by atoms with Crippen LogP contribution in [0.25, 0.3) is 22.2 Å². The minimum Gasteiger partial charge on any atom is -0.399 e. The van der Waals surface area contributed by atoms with Crippen LogP contribution in [0.4, 0.5) is 11.4 Å². The number of nitrogens with zero attached hydrogens (tertiary/aromatic N) is 2. The second-order valence-electron chi connectivity index (χ2n) is 4.18. The van der Waals surface area contributed by atoms with E-state index in [9.17, 15) is 10.1 Å². The molecule has 3 aromatic rings. The fourth-order valence-electron chi connectivity index (χ4n) is 1.99. The Labute approximate surface area is 108 Å². The molecule has 0 aliphatic carbocycles. The van der Waals surface area contributed by atoms with E-state index in [0.29, 0.717) is 5.69 Å². The number of nitrogens with one attached hydrogen (secondary N) is 1. The molecule has 0 aliphatic rings. The van der Waals surface area contributed by atoms with Gasteiger partial charge in [-0.05, 0) is 30.3 Å². The number of rotatable bonds is 2. The number of hydrogen-bond donors (Lipinski definition) is 2. The van der Waals surface area contributed by atoms with Crippen molar-refractivity contribution in [2.24, 2.45) is 0 Å². The van der Waals surface area contributed by atoms with Crippen molar-refractivity contribution < 1.29 is 4.92 Å². The molecule has 19 heavy (non-hydrogen) atoms. The summed E-state index contributed by atoms with van der Waals surface area (Å²) < 4.78 is 0. The van der Waals surface area contributed by atoms with Gasteiger partial charge in [0.1, 0.15) is 0 Å². The number of aromatic nitrogens is 2. The first-order chi connectivity index (χ1) is 9.15. The molecule has 0 fully saturated rings. The highest BCUT2D eigenvalue weighted by Crippen LogP contribution is 2.28. The van der Waals surface area contributed by atoms with Crippen molar-refractivity contribution in [2.45, 2.75) is 0 Å². The smallest absolute Gasteiger partial charge is 0.269 e. The Bertz CT molecular complexity index is 762.